The Labute approximate surface area is 124 Å². The highest BCUT2D eigenvalue weighted by atomic mass is 32.2. The van der Waals surface area contributed by atoms with Gasteiger partial charge in [-0.05, 0) is 12.1 Å². The fourth-order valence-corrected chi connectivity index (χ4v) is 3.66. The summed E-state index contributed by atoms with van der Waals surface area (Å²) in [5, 5.41) is 6.70. The van der Waals surface area contributed by atoms with Gasteiger partial charge in [0.05, 0.1) is 16.0 Å². The van der Waals surface area contributed by atoms with E-state index in [0.717, 1.165) is 20.8 Å². The maximum atomic E-state index is 13.9. The number of rotatable bonds is 1. The van der Waals surface area contributed by atoms with Gasteiger partial charge in [0.1, 0.15) is 11.2 Å². The van der Waals surface area contributed by atoms with E-state index in [1.807, 2.05) is 37.2 Å². The number of fused-ring (bicyclic) bond motifs is 2. The lowest BCUT2D eigenvalue weighted by Gasteiger charge is -2.12. The van der Waals surface area contributed by atoms with Gasteiger partial charge < -0.3 is 4.90 Å². The molecule has 3 rings (SSSR count). The molecule has 0 bridgehead atoms. The van der Waals surface area contributed by atoms with E-state index < -0.39 is 10.7 Å². The molecule has 108 valence electrons. The number of aromatic nitrogens is 1. The van der Waals surface area contributed by atoms with Gasteiger partial charge in [-0.2, -0.15) is 0 Å². The van der Waals surface area contributed by atoms with E-state index in [2.05, 4.69) is 9.98 Å². The Kier molecular flexibility index (Phi) is 3.35. The van der Waals surface area contributed by atoms with Gasteiger partial charge in [-0.1, -0.05) is 0 Å². The van der Waals surface area contributed by atoms with Gasteiger partial charge in [0, 0.05) is 45.0 Å². The third kappa shape index (κ3) is 2.26. The predicted molar refractivity (Wildman–Crippen MR) is 86.8 cm³/mol. The van der Waals surface area contributed by atoms with Crippen molar-refractivity contribution in [3.63, 3.8) is 0 Å². The Morgan fingerprint density at radius 1 is 1.24 bits per heavy atom. The highest BCUT2D eigenvalue weighted by Gasteiger charge is 2.23. The standard InChI is InChI=1S/C15H16FN4S/c1-18-12-8-15-13(7-10(12)16)19-11-5-4-9(20(2)3)6-14(11)21(15)17/h4-8H,17H2,1-3H3/q+1. The Balaban J connectivity index is 2.42. The zero-order valence-electron chi connectivity index (χ0n) is 12.1. The zero-order chi connectivity index (χ0) is 15.1. The van der Waals surface area contributed by atoms with Crippen LogP contribution in [-0.2, 0) is 0 Å². The topological polar surface area (TPSA) is 54.5 Å². The summed E-state index contributed by atoms with van der Waals surface area (Å²) in [6, 6.07) is 9.06. The third-order valence-corrected chi connectivity index (χ3v) is 5.05. The van der Waals surface area contributed by atoms with Crippen molar-refractivity contribution in [1.82, 2.24) is 4.98 Å². The molecule has 1 aromatic rings. The Hall–Kier alpha value is -2.05. The molecule has 0 aromatic heterocycles. The first-order valence-electron chi connectivity index (χ1n) is 6.46. The van der Waals surface area contributed by atoms with Crippen molar-refractivity contribution in [1.29, 1.82) is 0 Å². The van der Waals surface area contributed by atoms with E-state index in [0.29, 0.717) is 11.1 Å². The van der Waals surface area contributed by atoms with Gasteiger partial charge in [0.25, 0.3) is 0 Å². The summed E-state index contributed by atoms with van der Waals surface area (Å²) < 4.78 is 14.8. The maximum Gasteiger partial charge on any atom is 0.223 e. The van der Waals surface area contributed by atoms with Crippen molar-refractivity contribution in [2.75, 3.05) is 31.2 Å². The number of nitrogen functional groups attached to an aromatic ring is 1. The van der Waals surface area contributed by atoms with E-state index in [4.69, 9.17) is 5.14 Å². The molecule has 2 N–H and O–H groups in total. The summed E-state index contributed by atoms with van der Waals surface area (Å²) in [7, 11) is 4.89. The molecule has 1 aliphatic heterocycles. The number of hydrogen-bond donors (Lipinski definition) is 1. The molecule has 0 radical (unpaired) electrons. The van der Waals surface area contributed by atoms with E-state index in [1.54, 1.807) is 13.1 Å². The van der Waals surface area contributed by atoms with E-state index >= 15 is 0 Å². The second kappa shape index (κ2) is 5.05. The highest BCUT2D eigenvalue weighted by molar-refractivity contribution is 7.39. The quantitative estimate of drug-likeness (QED) is 0.555. The fourth-order valence-electron chi connectivity index (χ4n) is 2.26. The molecule has 1 heterocycles. The van der Waals surface area contributed by atoms with Crippen LogP contribution < -0.4 is 15.4 Å². The lowest BCUT2D eigenvalue weighted by molar-refractivity contribution is 0.612. The minimum absolute atomic E-state index is 0.319. The van der Waals surface area contributed by atoms with E-state index in [1.165, 1.54) is 6.07 Å². The third-order valence-electron chi connectivity index (χ3n) is 3.44. The molecular weight excluding hydrogens is 287 g/mol. The SMILES string of the molecule is CN=c1cc2[s+](N)c3cc(N(C)C)ccc3nc-2cc1F. The van der Waals surface area contributed by atoms with Gasteiger partial charge >= 0.3 is 0 Å². The van der Waals surface area contributed by atoms with Crippen molar-refractivity contribution < 1.29 is 4.39 Å². The number of nitrogens with two attached hydrogens (primary N) is 1. The van der Waals surface area contributed by atoms with Gasteiger partial charge in [-0.25, -0.2) is 9.37 Å². The first kappa shape index (κ1) is 13.9. The smallest absolute Gasteiger partial charge is 0.223 e. The molecule has 4 nitrogen and oxygen atoms in total. The zero-order valence-corrected chi connectivity index (χ0v) is 12.9. The second-order valence-electron chi connectivity index (χ2n) is 4.99. The fraction of sp³-hybridized carbons (Fsp3) is 0.200. The van der Waals surface area contributed by atoms with Crippen LogP contribution in [0.25, 0.3) is 20.8 Å². The van der Waals surface area contributed by atoms with Gasteiger partial charge in [0.2, 0.25) is 9.58 Å². The minimum Gasteiger partial charge on any atom is -0.377 e. The molecule has 1 unspecified atom stereocenters. The maximum absolute atomic E-state index is 13.9. The molecule has 0 spiro atoms. The van der Waals surface area contributed by atoms with Crippen molar-refractivity contribution in [2.24, 2.45) is 4.99 Å². The number of halogens is 1. The molecule has 0 fully saturated rings. The number of nitrogens with zero attached hydrogens (tertiary/aromatic N) is 3. The molecule has 1 atom stereocenters. The number of anilines is 1. The largest absolute Gasteiger partial charge is 0.377 e. The van der Waals surface area contributed by atoms with Crippen LogP contribution >= 0.6 is 10.7 Å². The Morgan fingerprint density at radius 3 is 2.67 bits per heavy atom. The van der Waals surface area contributed by atoms with Crippen LogP contribution in [0.1, 0.15) is 0 Å². The molecule has 0 saturated carbocycles. The molecule has 1 aliphatic carbocycles. The second-order valence-corrected chi connectivity index (χ2v) is 6.55. The normalized spacial score (nSPS) is 13.2. The van der Waals surface area contributed by atoms with Crippen LogP contribution in [0.2, 0.25) is 0 Å². The molecule has 21 heavy (non-hydrogen) atoms. The van der Waals surface area contributed by atoms with Crippen molar-refractivity contribution in [3.8, 4) is 10.6 Å². The molecular formula is C15H16FN4S+. The average molecular weight is 303 g/mol. The molecule has 6 heteroatoms. The van der Waals surface area contributed by atoms with E-state index in [9.17, 15) is 4.39 Å². The van der Waals surface area contributed by atoms with Gasteiger partial charge in [0.15, 0.2) is 5.82 Å². The summed E-state index contributed by atoms with van der Waals surface area (Å²) in [6.07, 6.45) is 0. The van der Waals surface area contributed by atoms with Crippen LogP contribution in [0.3, 0.4) is 0 Å². The molecule has 1 aromatic carbocycles. The van der Waals surface area contributed by atoms with Crippen molar-refractivity contribution >= 4 is 26.6 Å². The van der Waals surface area contributed by atoms with Gasteiger partial charge in [-0.15, -0.1) is 5.14 Å². The lowest BCUT2D eigenvalue weighted by atomic mass is 10.2. The van der Waals surface area contributed by atoms with Crippen molar-refractivity contribution in [2.45, 2.75) is 0 Å². The van der Waals surface area contributed by atoms with Crippen LogP contribution in [0.15, 0.2) is 35.3 Å². The Bertz CT molecular complexity index is 870. The van der Waals surface area contributed by atoms with Crippen LogP contribution in [0.4, 0.5) is 10.1 Å². The average Bonchev–Trinajstić information content (AvgIpc) is 2.46. The molecule has 2 aliphatic rings. The predicted octanol–water partition coefficient (Wildman–Crippen LogP) is 2.54. The number of hydrogen-bond acceptors (Lipinski definition) is 4. The summed E-state index contributed by atoms with van der Waals surface area (Å²) in [4.78, 5) is 11.3. The highest BCUT2D eigenvalue weighted by Crippen LogP contribution is 2.36. The first-order chi connectivity index (χ1) is 10.0. The molecule has 0 saturated heterocycles. The summed E-state index contributed by atoms with van der Waals surface area (Å²) in [6.45, 7) is 0. The Morgan fingerprint density at radius 2 is 2.00 bits per heavy atom. The number of benzene rings is 2. The van der Waals surface area contributed by atoms with E-state index in [-0.39, 0.29) is 5.82 Å². The van der Waals surface area contributed by atoms with Crippen LogP contribution in [0.5, 0.6) is 0 Å². The summed E-state index contributed by atoms with van der Waals surface area (Å²) in [5.41, 5.74) is 2.47. The van der Waals surface area contributed by atoms with Crippen LogP contribution in [0, 0.1) is 5.82 Å². The monoisotopic (exact) mass is 303 g/mol. The van der Waals surface area contributed by atoms with Crippen molar-refractivity contribution in [3.05, 3.63) is 41.5 Å². The minimum atomic E-state index is -0.634. The summed E-state index contributed by atoms with van der Waals surface area (Å²) in [5.74, 6) is -0.370. The van der Waals surface area contributed by atoms with Gasteiger partial charge in [-0.3, -0.25) is 4.99 Å². The first-order valence-corrected chi connectivity index (χ1v) is 7.75. The molecule has 0 amide bonds. The lowest BCUT2D eigenvalue weighted by Crippen LogP contribution is -2.11. The van der Waals surface area contributed by atoms with Crippen LogP contribution in [-0.4, -0.2) is 26.1 Å². The summed E-state index contributed by atoms with van der Waals surface area (Å²) >= 11 is 0.